The van der Waals surface area contributed by atoms with Crippen molar-refractivity contribution in [1.82, 2.24) is 10.6 Å². The summed E-state index contributed by atoms with van der Waals surface area (Å²) >= 11 is 1.54. The number of nitrogens with one attached hydrogen (secondary N) is 2. The first-order chi connectivity index (χ1) is 12.4. The molecule has 1 aromatic carbocycles. The summed E-state index contributed by atoms with van der Waals surface area (Å²) in [4.78, 5) is 25.1. The van der Waals surface area contributed by atoms with Gasteiger partial charge in [-0.3, -0.25) is 9.59 Å². The SMILES string of the molecule is CC(C)(C)c1ccc(SCC(=O)NCCNC(=O)C2CCCCC2)cc1. The Morgan fingerprint density at radius 3 is 2.23 bits per heavy atom. The molecule has 0 unspecified atom stereocenters. The molecule has 1 saturated carbocycles. The fourth-order valence-electron chi connectivity index (χ4n) is 3.15. The van der Waals surface area contributed by atoms with E-state index in [9.17, 15) is 9.59 Å². The van der Waals surface area contributed by atoms with Gasteiger partial charge in [0.1, 0.15) is 0 Å². The molecule has 2 rings (SSSR count). The molecule has 0 heterocycles. The molecule has 5 heteroatoms. The third-order valence-electron chi connectivity index (χ3n) is 4.81. The van der Waals surface area contributed by atoms with Crippen molar-refractivity contribution in [2.75, 3.05) is 18.8 Å². The van der Waals surface area contributed by atoms with Crippen LogP contribution in [0.3, 0.4) is 0 Å². The Kier molecular flexibility index (Phi) is 8.01. The highest BCUT2D eigenvalue weighted by Gasteiger charge is 2.20. The van der Waals surface area contributed by atoms with Gasteiger partial charge in [0.05, 0.1) is 5.75 Å². The highest BCUT2D eigenvalue weighted by Crippen LogP contribution is 2.25. The Labute approximate surface area is 161 Å². The predicted molar refractivity (Wildman–Crippen MR) is 108 cm³/mol. The molecule has 0 aromatic heterocycles. The van der Waals surface area contributed by atoms with Crippen LogP contribution in [0.25, 0.3) is 0 Å². The van der Waals surface area contributed by atoms with Gasteiger partial charge in [-0.2, -0.15) is 0 Å². The Balaban J connectivity index is 1.61. The lowest BCUT2D eigenvalue weighted by Crippen LogP contribution is -2.38. The molecule has 4 nitrogen and oxygen atoms in total. The van der Waals surface area contributed by atoms with E-state index >= 15 is 0 Å². The van der Waals surface area contributed by atoms with Crippen LogP contribution in [0.4, 0.5) is 0 Å². The highest BCUT2D eigenvalue weighted by atomic mass is 32.2. The molecule has 1 fully saturated rings. The van der Waals surface area contributed by atoms with Crippen LogP contribution in [0, 0.1) is 5.92 Å². The molecule has 26 heavy (non-hydrogen) atoms. The van der Waals surface area contributed by atoms with Crippen molar-refractivity contribution in [2.45, 2.75) is 63.2 Å². The van der Waals surface area contributed by atoms with Crippen LogP contribution in [0.5, 0.6) is 0 Å². The fourth-order valence-corrected chi connectivity index (χ4v) is 3.88. The van der Waals surface area contributed by atoms with Crippen molar-refractivity contribution in [2.24, 2.45) is 5.92 Å². The largest absolute Gasteiger partial charge is 0.354 e. The van der Waals surface area contributed by atoms with E-state index in [-0.39, 0.29) is 23.1 Å². The van der Waals surface area contributed by atoms with E-state index in [2.05, 4.69) is 55.7 Å². The molecule has 0 saturated heterocycles. The number of hydrogen-bond donors (Lipinski definition) is 2. The lowest BCUT2D eigenvalue weighted by molar-refractivity contribution is -0.126. The van der Waals surface area contributed by atoms with Crippen LogP contribution in [0.15, 0.2) is 29.2 Å². The van der Waals surface area contributed by atoms with Crippen LogP contribution in [-0.2, 0) is 15.0 Å². The maximum absolute atomic E-state index is 12.0. The number of hydrogen-bond acceptors (Lipinski definition) is 3. The van der Waals surface area contributed by atoms with Crippen molar-refractivity contribution in [3.63, 3.8) is 0 Å². The van der Waals surface area contributed by atoms with Gasteiger partial charge in [-0.15, -0.1) is 11.8 Å². The van der Waals surface area contributed by atoms with E-state index in [1.807, 2.05) is 0 Å². The number of thioether (sulfide) groups is 1. The standard InChI is InChI=1S/C21H32N2O2S/c1-21(2,3)17-9-11-18(12-10-17)26-15-19(24)22-13-14-23-20(25)16-7-5-4-6-8-16/h9-12,16H,4-8,13-15H2,1-3H3,(H,22,24)(H,23,25). The van der Waals surface area contributed by atoms with Crippen LogP contribution < -0.4 is 10.6 Å². The third kappa shape index (κ3) is 7.02. The first-order valence-corrected chi connectivity index (χ1v) is 10.6. The molecular formula is C21H32N2O2S. The van der Waals surface area contributed by atoms with E-state index in [4.69, 9.17) is 0 Å². The average Bonchev–Trinajstić information content (AvgIpc) is 2.63. The first kappa shape index (κ1) is 20.8. The summed E-state index contributed by atoms with van der Waals surface area (Å²) < 4.78 is 0. The lowest BCUT2D eigenvalue weighted by atomic mass is 9.87. The smallest absolute Gasteiger partial charge is 0.230 e. The van der Waals surface area contributed by atoms with Gasteiger partial charge in [0, 0.05) is 23.9 Å². The molecule has 0 radical (unpaired) electrons. The van der Waals surface area contributed by atoms with E-state index in [0.29, 0.717) is 18.8 Å². The van der Waals surface area contributed by atoms with Crippen LogP contribution >= 0.6 is 11.8 Å². The zero-order valence-electron chi connectivity index (χ0n) is 16.3. The van der Waals surface area contributed by atoms with Gasteiger partial charge in [-0.05, 0) is 36.0 Å². The Bertz CT molecular complexity index is 587. The third-order valence-corrected chi connectivity index (χ3v) is 5.82. The molecule has 2 amide bonds. The Morgan fingerprint density at radius 1 is 1.00 bits per heavy atom. The molecule has 0 bridgehead atoms. The lowest BCUT2D eigenvalue weighted by Gasteiger charge is -2.20. The molecule has 144 valence electrons. The summed E-state index contributed by atoms with van der Waals surface area (Å²) in [5.74, 6) is 0.714. The van der Waals surface area contributed by atoms with E-state index < -0.39 is 0 Å². The normalized spacial score (nSPS) is 15.5. The second kappa shape index (κ2) is 10.0. The number of carbonyl (C=O) groups excluding carboxylic acids is 2. The molecule has 1 aromatic rings. The van der Waals surface area contributed by atoms with Crippen molar-refractivity contribution < 1.29 is 9.59 Å². The number of benzene rings is 1. The van der Waals surface area contributed by atoms with Gasteiger partial charge in [-0.25, -0.2) is 0 Å². The van der Waals surface area contributed by atoms with Crippen LogP contribution in [0.2, 0.25) is 0 Å². The molecule has 0 aliphatic heterocycles. The summed E-state index contributed by atoms with van der Waals surface area (Å²) in [6.07, 6.45) is 5.56. The molecular weight excluding hydrogens is 344 g/mol. The van der Waals surface area contributed by atoms with Gasteiger partial charge in [0.25, 0.3) is 0 Å². The Hall–Kier alpha value is -1.49. The summed E-state index contributed by atoms with van der Waals surface area (Å²) in [6, 6.07) is 8.40. The van der Waals surface area contributed by atoms with E-state index in [0.717, 1.165) is 30.6 Å². The molecule has 0 atom stereocenters. The van der Waals surface area contributed by atoms with Crippen molar-refractivity contribution in [3.8, 4) is 0 Å². The number of carbonyl (C=O) groups is 2. The quantitative estimate of drug-likeness (QED) is 0.561. The summed E-state index contributed by atoms with van der Waals surface area (Å²) in [6.45, 7) is 7.56. The van der Waals surface area contributed by atoms with Gasteiger partial charge in [-0.1, -0.05) is 52.2 Å². The molecule has 2 N–H and O–H groups in total. The van der Waals surface area contributed by atoms with E-state index in [1.165, 1.54) is 23.7 Å². The molecule has 1 aliphatic carbocycles. The van der Waals surface area contributed by atoms with E-state index in [1.54, 1.807) is 0 Å². The summed E-state index contributed by atoms with van der Waals surface area (Å²) in [5.41, 5.74) is 1.43. The fraction of sp³-hybridized carbons (Fsp3) is 0.619. The topological polar surface area (TPSA) is 58.2 Å². The minimum absolute atomic E-state index is 0.00168. The summed E-state index contributed by atoms with van der Waals surface area (Å²) in [7, 11) is 0. The minimum atomic E-state index is 0.00168. The maximum atomic E-state index is 12.0. The summed E-state index contributed by atoms with van der Waals surface area (Å²) in [5, 5.41) is 5.81. The van der Waals surface area contributed by atoms with Crippen molar-refractivity contribution in [3.05, 3.63) is 29.8 Å². The first-order valence-electron chi connectivity index (χ1n) is 9.64. The maximum Gasteiger partial charge on any atom is 0.230 e. The van der Waals surface area contributed by atoms with Crippen LogP contribution in [0.1, 0.15) is 58.4 Å². The highest BCUT2D eigenvalue weighted by molar-refractivity contribution is 8.00. The monoisotopic (exact) mass is 376 g/mol. The average molecular weight is 377 g/mol. The van der Waals surface area contributed by atoms with Crippen molar-refractivity contribution >= 4 is 23.6 Å². The van der Waals surface area contributed by atoms with Crippen LogP contribution in [-0.4, -0.2) is 30.7 Å². The van der Waals surface area contributed by atoms with Gasteiger partial charge < -0.3 is 10.6 Å². The zero-order valence-corrected chi connectivity index (χ0v) is 17.1. The minimum Gasteiger partial charge on any atom is -0.354 e. The molecule has 0 spiro atoms. The van der Waals surface area contributed by atoms with Crippen molar-refractivity contribution in [1.29, 1.82) is 0 Å². The Morgan fingerprint density at radius 2 is 1.62 bits per heavy atom. The predicted octanol–water partition coefficient (Wildman–Crippen LogP) is 3.89. The second-order valence-corrected chi connectivity index (χ2v) is 9.09. The second-order valence-electron chi connectivity index (χ2n) is 8.04. The van der Waals surface area contributed by atoms with Gasteiger partial charge in [0.15, 0.2) is 0 Å². The van der Waals surface area contributed by atoms with Gasteiger partial charge in [0.2, 0.25) is 11.8 Å². The number of rotatable bonds is 7. The van der Waals surface area contributed by atoms with Gasteiger partial charge >= 0.3 is 0 Å². The number of amides is 2. The zero-order chi connectivity index (χ0) is 19.0. The molecule has 1 aliphatic rings.